The van der Waals surface area contributed by atoms with Crippen molar-refractivity contribution < 1.29 is 0 Å². The van der Waals surface area contributed by atoms with Gasteiger partial charge in [-0.05, 0) is 48.4 Å². The number of hydrogen-bond donors (Lipinski definition) is 1. The molecule has 1 aromatic heterocycles. The summed E-state index contributed by atoms with van der Waals surface area (Å²) in [6, 6.07) is 2.37. The average Bonchev–Trinajstić information content (AvgIpc) is 2.23. The molecule has 2 rings (SSSR count). The van der Waals surface area contributed by atoms with Crippen molar-refractivity contribution in [1.82, 2.24) is 15.1 Å². The van der Waals surface area contributed by atoms with Crippen molar-refractivity contribution in [3.8, 4) is 0 Å². The summed E-state index contributed by atoms with van der Waals surface area (Å²) >= 11 is 3.39. The molecule has 4 nitrogen and oxygen atoms in total. The van der Waals surface area contributed by atoms with Gasteiger partial charge in [0.1, 0.15) is 0 Å². The molecule has 0 bridgehead atoms. The Morgan fingerprint density at radius 1 is 1.47 bits per heavy atom. The average molecular weight is 271 g/mol. The molecule has 82 valence electrons. The van der Waals surface area contributed by atoms with E-state index >= 15 is 0 Å². The molecule has 1 fully saturated rings. The lowest BCUT2D eigenvalue weighted by molar-refractivity contribution is 0.182. The van der Waals surface area contributed by atoms with E-state index in [1.54, 1.807) is 0 Å². The fourth-order valence-corrected chi connectivity index (χ4v) is 2.32. The highest BCUT2D eigenvalue weighted by atomic mass is 79.9. The van der Waals surface area contributed by atoms with Gasteiger partial charge in [0.25, 0.3) is 0 Å². The Hall–Kier alpha value is -0.680. The van der Waals surface area contributed by atoms with Crippen LogP contribution in [0.2, 0.25) is 0 Å². The van der Waals surface area contributed by atoms with E-state index in [0.29, 0.717) is 11.9 Å². The fraction of sp³-hybridized carbons (Fsp3) is 0.600. The summed E-state index contributed by atoms with van der Waals surface area (Å²) in [7, 11) is 2.13. The van der Waals surface area contributed by atoms with Gasteiger partial charge in [0.05, 0.1) is 16.2 Å². The molecule has 1 saturated heterocycles. The van der Waals surface area contributed by atoms with Crippen LogP contribution in [-0.4, -0.2) is 28.7 Å². The summed E-state index contributed by atoms with van der Waals surface area (Å²) in [5, 5.41) is 8.11. The number of nitrogens with two attached hydrogens (primary N) is 1. The number of aromatic nitrogens is 2. The van der Waals surface area contributed by atoms with E-state index in [0.717, 1.165) is 23.1 Å². The number of nitrogens with zero attached hydrogens (tertiary/aromatic N) is 3. The number of nitrogen functional groups attached to an aromatic ring is 1. The topological polar surface area (TPSA) is 55.0 Å². The van der Waals surface area contributed by atoms with Crippen molar-refractivity contribution in [1.29, 1.82) is 0 Å². The highest BCUT2D eigenvalue weighted by Gasteiger charge is 2.22. The lowest BCUT2D eigenvalue weighted by Crippen LogP contribution is -2.30. The monoisotopic (exact) mass is 270 g/mol. The third-order valence-electron chi connectivity index (χ3n) is 2.90. The number of halogens is 1. The van der Waals surface area contributed by atoms with E-state index in [1.807, 2.05) is 6.07 Å². The minimum atomic E-state index is 0.392. The minimum absolute atomic E-state index is 0.392. The van der Waals surface area contributed by atoms with Crippen LogP contribution in [0, 0.1) is 0 Å². The molecular formula is C10H15BrN4. The first-order valence-corrected chi connectivity index (χ1v) is 5.96. The summed E-state index contributed by atoms with van der Waals surface area (Å²) in [5.41, 5.74) is 6.63. The second-order valence-corrected chi connectivity index (χ2v) is 4.85. The van der Waals surface area contributed by atoms with Crippen LogP contribution in [0.3, 0.4) is 0 Å². The zero-order chi connectivity index (χ0) is 10.8. The SMILES string of the molecule is CN1CCCCC1c1cc(Br)c(N)nn1. The predicted octanol–water partition coefficient (Wildman–Crippen LogP) is 1.98. The van der Waals surface area contributed by atoms with Gasteiger partial charge in [-0.1, -0.05) is 6.42 Å². The number of hydrogen-bond acceptors (Lipinski definition) is 4. The Morgan fingerprint density at radius 2 is 2.27 bits per heavy atom. The third kappa shape index (κ3) is 2.29. The molecule has 1 aliphatic rings. The van der Waals surface area contributed by atoms with Crippen LogP contribution in [0.15, 0.2) is 10.5 Å². The van der Waals surface area contributed by atoms with Crippen LogP contribution in [0.25, 0.3) is 0 Å². The molecule has 15 heavy (non-hydrogen) atoms. The van der Waals surface area contributed by atoms with Crippen molar-refractivity contribution >= 4 is 21.7 Å². The quantitative estimate of drug-likeness (QED) is 0.848. The minimum Gasteiger partial charge on any atom is -0.381 e. The van der Waals surface area contributed by atoms with Crippen molar-refractivity contribution in [2.45, 2.75) is 25.3 Å². The molecule has 0 spiro atoms. The van der Waals surface area contributed by atoms with Gasteiger partial charge in [-0.2, -0.15) is 5.10 Å². The van der Waals surface area contributed by atoms with E-state index in [2.05, 4.69) is 38.1 Å². The summed E-state index contributed by atoms with van der Waals surface area (Å²) in [6.07, 6.45) is 3.69. The Kier molecular flexibility index (Phi) is 3.21. The Balaban J connectivity index is 2.24. The van der Waals surface area contributed by atoms with Crippen molar-refractivity contribution in [2.75, 3.05) is 19.3 Å². The molecule has 1 atom stereocenters. The molecule has 0 aromatic carbocycles. The summed E-state index contributed by atoms with van der Waals surface area (Å²) in [6.45, 7) is 1.13. The number of piperidine rings is 1. The molecule has 0 radical (unpaired) electrons. The highest BCUT2D eigenvalue weighted by Crippen LogP contribution is 2.29. The van der Waals surface area contributed by atoms with Gasteiger partial charge in [0.2, 0.25) is 0 Å². The maximum absolute atomic E-state index is 5.62. The number of anilines is 1. The van der Waals surface area contributed by atoms with Crippen LogP contribution in [0.5, 0.6) is 0 Å². The molecule has 1 unspecified atom stereocenters. The van der Waals surface area contributed by atoms with E-state index < -0.39 is 0 Å². The molecule has 0 amide bonds. The largest absolute Gasteiger partial charge is 0.381 e. The first-order valence-electron chi connectivity index (χ1n) is 5.17. The molecular weight excluding hydrogens is 256 g/mol. The third-order valence-corrected chi connectivity index (χ3v) is 3.54. The predicted molar refractivity (Wildman–Crippen MR) is 63.4 cm³/mol. The van der Waals surface area contributed by atoms with E-state index in [4.69, 9.17) is 5.73 Å². The van der Waals surface area contributed by atoms with Crippen molar-refractivity contribution in [2.24, 2.45) is 0 Å². The zero-order valence-electron chi connectivity index (χ0n) is 8.78. The first-order chi connectivity index (χ1) is 7.18. The second-order valence-electron chi connectivity index (χ2n) is 3.99. The summed E-state index contributed by atoms with van der Waals surface area (Å²) in [5.74, 6) is 0.456. The first kappa shape index (κ1) is 10.8. The molecule has 1 aromatic rings. The Labute approximate surface area is 98.0 Å². The van der Waals surface area contributed by atoms with Crippen molar-refractivity contribution in [3.63, 3.8) is 0 Å². The zero-order valence-corrected chi connectivity index (χ0v) is 10.4. The van der Waals surface area contributed by atoms with Gasteiger partial charge < -0.3 is 5.73 Å². The van der Waals surface area contributed by atoms with Crippen LogP contribution in [-0.2, 0) is 0 Å². The Morgan fingerprint density at radius 3 is 2.93 bits per heavy atom. The standard InChI is InChI=1S/C10H15BrN4/c1-15-5-3-2-4-9(15)8-6-7(11)10(12)14-13-8/h6,9H,2-5H2,1H3,(H2,12,14). The van der Waals surface area contributed by atoms with Gasteiger partial charge in [0.15, 0.2) is 5.82 Å². The van der Waals surface area contributed by atoms with Crippen molar-refractivity contribution in [3.05, 3.63) is 16.2 Å². The van der Waals surface area contributed by atoms with Crippen LogP contribution in [0.1, 0.15) is 31.0 Å². The fourth-order valence-electron chi connectivity index (χ4n) is 2.00. The molecule has 2 heterocycles. The van der Waals surface area contributed by atoms with Crippen LogP contribution in [0.4, 0.5) is 5.82 Å². The number of rotatable bonds is 1. The molecule has 0 aliphatic carbocycles. The smallest absolute Gasteiger partial charge is 0.160 e. The van der Waals surface area contributed by atoms with Gasteiger partial charge in [-0.25, -0.2) is 0 Å². The van der Waals surface area contributed by atoms with Gasteiger partial charge in [-0.15, -0.1) is 5.10 Å². The van der Waals surface area contributed by atoms with Gasteiger partial charge in [0, 0.05) is 0 Å². The van der Waals surface area contributed by atoms with Crippen LogP contribution >= 0.6 is 15.9 Å². The molecule has 1 aliphatic heterocycles. The summed E-state index contributed by atoms with van der Waals surface area (Å²) < 4.78 is 0.839. The second kappa shape index (κ2) is 4.45. The molecule has 5 heteroatoms. The Bertz CT molecular complexity index is 355. The molecule has 2 N–H and O–H groups in total. The normalized spacial score (nSPS) is 22.9. The summed E-state index contributed by atoms with van der Waals surface area (Å²) in [4.78, 5) is 2.33. The van der Waals surface area contributed by atoms with Gasteiger partial charge >= 0.3 is 0 Å². The highest BCUT2D eigenvalue weighted by molar-refractivity contribution is 9.10. The van der Waals surface area contributed by atoms with Crippen LogP contribution < -0.4 is 5.73 Å². The van der Waals surface area contributed by atoms with E-state index in [1.165, 1.54) is 12.8 Å². The van der Waals surface area contributed by atoms with E-state index in [9.17, 15) is 0 Å². The maximum Gasteiger partial charge on any atom is 0.160 e. The van der Waals surface area contributed by atoms with E-state index in [-0.39, 0.29) is 0 Å². The maximum atomic E-state index is 5.62. The lowest BCUT2D eigenvalue weighted by Gasteiger charge is -2.31. The van der Waals surface area contributed by atoms with Gasteiger partial charge in [-0.3, -0.25) is 4.90 Å². The lowest BCUT2D eigenvalue weighted by atomic mass is 10.00. The number of likely N-dealkylation sites (tertiary alicyclic amines) is 1. The molecule has 0 saturated carbocycles.